The number of ether oxygens (including phenoxy) is 4. The minimum Gasteiger partial charge on any atom is -0.493 e. The van der Waals surface area contributed by atoms with Crippen molar-refractivity contribution in [2.75, 3.05) is 45.2 Å². The number of nitrogens with zero attached hydrogens (tertiary/aromatic N) is 3. The Morgan fingerprint density at radius 1 is 0.812 bits per heavy atom. The van der Waals surface area contributed by atoms with Crippen LogP contribution in [0, 0.1) is 0 Å². The number of methoxy groups -OCH3 is 4. The molecule has 0 amide bonds. The second-order valence-electron chi connectivity index (χ2n) is 8.16. The van der Waals surface area contributed by atoms with Crippen LogP contribution in [-0.4, -0.2) is 51.0 Å². The minimum atomic E-state index is 0.458. The van der Waals surface area contributed by atoms with Gasteiger partial charge in [0.2, 0.25) is 5.95 Å². The molecule has 0 spiro atoms. The van der Waals surface area contributed by atoms with Gasteiger partial charge in [-0.05, 0) is 48.6 Å². The average molecular weight is 437 g/mol. The summed E-state index contributed by atoms with van der Waals surface area (Å²) < 4.78 is 22.1. The number of nitrogens with one attached hydrogen (secondary N) is 1. The lowest BCUT2D eigenvalue weighted by atomic mass is 9.98. The Hall–Kier alpha value is -3.42. The van der Waals surface area contributed by atoms with Crippen molar-refractivity contribution in [1.82, 2.24) is 9.97 Å². The summed E-state index contributed by atoms with van der Waals surface area (Å²) in [6, 6.07) is 8.49. The summed E-state index contributed by atoms with van der Waals surface area (Å²) >= 11 is 0. The number of fused-ring (bicyclic) bond motifs is 2. The summed E-state index contributed by atoms with van der Waals surface area (Å²) in [6.07, 6.45) is 3.20. The summed E-state index contributed by atoms with van der Waals surface area (Å²) in [5.41, 5.74) is 3.31. The van der Waals surface area contributed by atoms with Crippen molar-refractivity contribution in [3.63, 3.8) is 0 Å². The molecule has 1 saturated carbocycles. The van der Waals surface area contributed by atoms with Gasteiger partial charge >= 0.3 is 0 Å². The molecule has 8 nitrogen and oxygen atoms in total. The smallest absolute Gasteiger partial charge is 0.225 e. The van der Waals surface area contributed by atoms with Crippen LogP contribution >= 0.6 is 0 Å². The van der Waals surface area contributed by atoms with E-state index in [1.807, 2.05) is 12.1 Å². The van der Waals surface area contributed by atoms with Crippen LogP contribution < -0.4 is 29.2 Å². The molecule has 2 heterocycles. The number of hydrogen-bond acceptors (Lipinski definition) is 8. The predicted octanol–water partition coefficient (Wildman–Crippen LogP) is 3.80. The maximum absolute atomic E-state index is 5.56. The number of benzene rings is 2. The summed E-state index contributed by atoms with van der Waals surface area (Å²) in [4.78, 5) is 12.0. The van der Waals surface area contributed by atoms with E-state index in [0.29, 0.717) is 23.5 Å². The van der Waals surface area contributed by atoms with Crippen molar-refractivity contribution in [1.29, 1.82) is 0 Å². The molecule has 1 N–H and O–H groups in total. The quantitative estimate of drug-likeness (QED) is 0.599. The standard InChI is InChI=1S/C24H28N4O4/c1-29-19-9-14-7-8-28(13-15(14)10-20(19)30-2)23-17-11-21(31-3)22(32-4)12-18(17)26-24(27-23)25-16-5-6-16/h9-12,16H,5-8,13H2,1-4H3,(H,25,26,27). The van der Waals surface area contributed by atoms with Crippen molar-refractivity contribution in [2.24, 2.45) is 0 Å². The molecule has 1 aliphatic heterocycles. The fourth-order valence-electron chi connectivity index (χ4n) is 4.22. The van der Waals surface area contributed by atoms with Gasteiger partial charge < -0.3 is 29.2 Å². The van der Waals surface area contributed by atoms with Crippen LogP contribution in [0.5, 0.6) is 23.0 Å². The third-order valence-electron chi connectivity index (χ3n) is 6.11. The molecule has 2 aromatic carbocycles. The van der Waals surface area contributed by atoms with E-state index < -0.39 is 0 Å². The molecule has 5 rings (SSSR count). The third kappa shape index (κ3) is 3.70. The average Bonchev–Trinajstić information content (AvgIpc) is 3.65. The first kappa shape index (κ1) is 20.5. The predicted molar refractivity (Wildman–Crippen MR) is 124 cm³/mol. The second kappa shape index (κ2) is 8.26. The molecule has 0 radical (unpaired) electrons. The lowest BCUT2D eigenvalue weighted by molar-refractivity contribution is 0.353. The molecular weight excluding hydrogens is 408 g/mol. The largest absolute Gasteiger partial charge is 0.493 e. The highest BCUT2D eigenvalue weighted by Crippen LogP contribution is 2.39. The van der Waals surface area contributed by atoms with Gasteiger partial charge in [-0.2, -0.15) is 4.98 Å². The molecule has 3 aromatic rings. The summed E-state index contributed by atoms with van der Waals surface area (Å²) in [5, 5.41) is 4.39. The van der Waals surface area contributed by atoms with E-state index in [1.165, 1.54) is 11.1 Å². The van der Waals surface area contributed by atoms with Crippen LogP contribution in [0.2, 0.25) is 0 Å². The molecule has 0 unspecified atom stereocenters. The monoisotopic (exact) mass is 436 g/mol. The number of aromatic nitrogens is 2. The van der Waals surface area contributed by atoms with Gasteiger partial charge in [0, 0.05) is 30.6 Å². The first-order chi connectivity index (χ1) is 15.6. The normalized spacial score (nSPS) is 15.3. The SMILES string of the molecule is COc1cc2c(cc1OC)CN(c1nc(NC3CC3)nc3cc(OC)c(OC)cc13)CC2. The Bertz CT molecular complexity index is 1160. The summed E-state index contributed by atoms with van der Waals surface area (Å²) in [6.45, 7) is 1.56. The van der Waals surface area contributed by atoms with E-state index >= 15 is 0 Å². The van der Waals surface area contributed by atoms with Gasteiger partial charge in [0.1, 0.15) is 5.82 Å². The second-order valence-corrected chi connectivity index (χ2v) is 8.16. The number of anilines is 2. The zero-order chi connectivity index (χ0) is 22.2. The van der Waals surface area contributed by atoms with Gasteiger partial charge in [0.05, 0.1) is 34.0 Å². The topological polar surface area (TPSA) is 78.0 Å². The van der Waals surface area contributed by atoms with Crippen LogP contribution in [0.3, 0.4) is 0 Å². The third-order valence-corrected chi connectivity index (χ3v) is 6.11. The van der Waals surface area contributed by atoms with Crippen molar-refractivity contribution >= 4 is 22.7 Å². The molecule has 1 aromatic heterocycles. The molecule has 2 aliphatic rings. The Morgan fingerprint density at radius 3 is 2.09 bits per heavy atom. The molecule has 1 fully saturated rings. The van der Waals surface area contributed by atoms with E-state index in [4.69, 9.17) is 28.9 Å². The maximum atomic E-state index is 5.56. The van der Waals surface area contributed by atoms with Gasteiger partial charge in [0.15, 0.2) is 23.0 Å². The Labute approximate surface area is 187 Å². The Balaban J connectivity index is 1.59. The lowest BCUT2D eigenvalue weighted by Gasteiger charge is -2.31. The van der Waals surface area contributed by atoms with Crippen molar-refractivity contribution in [3.8, 4) is 23.0 Å². The van der Waals surface area contributed by atoms with Crippen LogP contribution in [0.25, 0.3) is 10.9 Å². The van der Waals surface area contributed by atoms with Gasteiger partial charge in [0.25, 0.3) is 0 Å². The van der Waals surface area contributed by atoms with E-state index in [2.05, 4.69) is 22.3 Å². The molecular formula is C24H28N4O4. The van der Waals surface area contributed by atoms with Gasteiger partial charge in [-0.15, -0.1) is 0 Å². The Kier molecular flexibility index (Phi) is 5.28. The van der Waals surface area contributed by atoms with Crippen molar-refractivity contribution in [2.45, 2.75) is 31.8 Å². The van der Waals surface area contributed by atoms with Gasteiger partial charge in [-0.3, -0.25) is 0 Å². The van der Waals surface area contributed by atoms with E-state index in [1.54, 1.807) is 28.4 Å². The van der Waals surface area contributed by atoms with Crippen LogP contribution in [0.15, 0.2) is 24.3 Å². The summed E-state index contributed by atoms with van der Waals surface area (Å²) in [7, 11) is 6.61. The molecule has 1 aliphatic carbocycles. The van der Waals surface area contributed by atoms with Crippen molar-refractivity contribution in [3.05, 3.63) is 35.4 Å². The minimum absolute atomic E-state index is 0.458. The van der Waals surface area contributed by atoms with E-state index in [9.17, 15) is 0 Å². The van der Waals surface area contributed by atoms with E-state index in [0.717, 1.165) is 60.6 Å². The van der Waals surface area contributed by atoms with E-state index in [-0.39, 0.29) is 0 Å². The first-order valence-electron chi connectivity index (χ1n) is 10.8. The molecule has 0 atom stereocenters. The van der Waals surface area contributed by atoms with Crippen LogP contribution in [0.4, 0.5) is 11.8 Å². The zero-order valence-electron chi connectivity index (χ0n) is 18.9. The Morgan fingerprint density at radius 2 is 1.44 bits per heavy atom. The highest BCUT2D eigenvalue weighted by atomic mass is 16.5. The molecule has 0 bridgehead atoms. The fourth-order valence-corrected chi connectivity index (χ4v) is 4.22. The molecule has 32 heavy (non-hydrogen) atoms. The number of rotatable bonds is 7. The van der Waals surface area contributed by atoms with Crippen molar-refractivity contribution < 1.29 is 18.9 Å². The molecule has 168 valence electrons. The highest BCUT2D eigenvalue weighted by Gasteiger charge is 2.26. The lowest BCUT2D eigenvalue weighted by Crippen LogP contribution is -2.31. The summed E-state index contributed by atoms with van der Waals surface area (Å²) in [5.74, 6) is 4.36. The maximum Gasteiger partial charge on any atom is 0.225 e. The van der Waals surface area contributed by atoms with Crippen LogP contribution in [0.1, 0.15) is 24.0 Å². The zero-order valence-corrected chi connectivity index (χ0v) is 18.9. The highest BCUT2D eigenvalue weighted by molar-refractivity contribution is 5.93. The fraction of sp³-hybridized carbons (Fsp3) is 0.417. The van der Waals surface area contributed by atoms with Gasteiger partial charge in [-0.1, -0.05) is 0 Å². The molecule has 0 saturated heterocycles. The first-order valence-corrected chi connectivity index (χ1v) is 10.8. The molecule has 8 heteroatoms. The number of hydrogen-bond donors (Lipinski definition) is 1. The van der Waals surface area contributed by atoms with Gasteiger partial charge in [-0.25, -0.2) is 4.98 Å². The van der Waals surface area contributed by atoms with Crippen LogP contribution in [-0.2, 0) is 13.0 Å².